The molecule has 0 saturated carbocycles. The Bertz CT molecular complexity index is 1070. The summed E-state index contributed by atoms with van der Waals surface area (Å²) in [4.78, 5) is 14.6. The first-order valence-corrected chi connectivity index (χ1v) is 13.1. The number of nitrogens with one attached hydrogen (secondary N) is 1. The van der Waals surface area contributed by atoms with Crippen LogP contribution < -0.4 is 4.72 Å². The van der Waals surface area contributed by atoms with E-state index in [1.54, 1.807) is 31.2 Å². The molecule has 2 aromatic carbocycles. The molecule has 2 heterocycles. The van der Waals surface area contributed by atoms with Gasteiger partial charge < -0.3 is 9.64 Å². The number of likely N-dealkylation sites (tertiary alicyclic amines) is 1. The first-order chi connectivity index (χ1) is 16.3. The van der Waals surface area contributed by atoms with E-state index in [-0.39, 0.29) is 35.1 Å². The van der Waals surface area contributed by atoms with Gasteiger partial charge in [-0.25, -0.2) is 13.2 Å². The zero-order valence-corrected chi connectivity index (χ0v) is 20.5. The van der Waals surface area contributed by atoms with Crippen molar-refractivity contribution in [3.05, 3.63) is 59.2 Å². The second-order valence-corrected chi connectivity index (χ2v) is 11.0. The largest absolute Gasteiger partial charge is 0.368 e. The summed E-state index contributed by atoms with van der Waals surface area (Å²) in [7, 11) is -0.319. The predicted molar refractivity (Wildman–Crippen MR) is 132 cm³/mol. The molecule has 2 aliphatic heterocycles. The normalized spacial score (nSPS) is 25.4. The Labute approximate surface area is 201 Å². The van der Waals surface area contributed by atoms with Crippen molar-refractivity contribution in [2.24, 2.45) is 0 Å². The van der Waals surface area contributed by atoms with E-state index in [1.165, 1.54) is 17.0 Å². The van der Waals surface area contributed by atoms with Crippen LogP contribution in [0, 0.1) is 18.6 Å². The van der Waals surface area contributed by atoms with Crippen LogP contribution >= 0.6 is 10.7 Å². The molecule has 5 atom stereocenters. The van der Waals surface area contributed by atoms with Gasteiger partial charge >= 0.3 is 0 Å². The third-order valence-electron chi connectivity index (χ3n) is 6.58. The first kappa shape index (κ1) is 24.9. The number of carbonyl (C=O) groups is 1. The lowest BCUT2D eigenvalue weighted by Crippen LogP contribution is -2.51. The van der Waals surface area contributed by atoms with Crippen molar-refractivity contribution in [2.45, 2.75) is 58.0 Å². The maximum Gasteiger partial charge on any atom is 0.252 e. The fourth-order valence-electron chi connectivity index (χ4n) is 4.70. The fraction of sp³-hybridized carbons (Fsp3) is 0.462. The Kier molecular flexibility index (Phi) is 7.80. The van der Waals surface area contributed by atoms with E-state index in [0.29, 0.717) is 29.7 Å². The van der Waals surface area contributed by atoms with Crippen molar-refractivity contribution in [2.75, 3.05) is 18.9 Å². The van der Waals surface area contributed by atoms with Crippen LogP contribution in [0.5, 0.6) is 0 Å². The standard InChI is InChI=1S/C26H31F3N2O2S/c1-4-34(5-2)30-25-21(28)15-31(26(32)23-9-10-33-23)22(25)14-17-7-6-8-20(24(17)29)18-11-16(3)12-19(27)13-18/h4,6-8,11-13,21-23,25,30H,5,9-10,14-15H2,1-3H3/t21-,22-,23?,25-,34?/m0/s1. The zero-order valence-electron chi connectivity index (χ0n) is 19.7. The van der Waals surface area contributed by atoms with Crippen molar-refractivity contribution in [3.8, 4) is 11.1 Å². The molecule has 0 spiro atoms. The van der Waals surface area contributed by atoms with Crippen LogP contribution in [0.15, 0.2) is 36.4 Å². The molecular weight excluding hydrogens is 461 g/mol. The molecule has 2 aromatic rings. The molecular formula is C26H31F3N2O2S. The molecule has 0 radical (unpaired) electrons. The lowest BCUT2D eigenvalue weighted by Gasteiger charge is -2.34. The summed E-state index contributed by atoms with van der Waals surface area (Å²) in [6, 6.07) is 8.23. The van der Waals surface area contributed by atoms with Gasteiger partial charge in [0.15, 0.2) is 0 Å². The van der Waals surface area contributed by atoms with Crippen LogP contribution in [0.1, 0.15) is 31.4 Å². The summed E-state index contributed by atoms with van der Waals surface area (Å²) in [5.41, 5.74) is 1.80. The van der Waals surface area contributed by atoms with Gasteiger partial charge in [-0.05, 0) is 54.8 Å². The van der Waals surface area contributed by atoms with Gasteiger partial charge in [0.05, 0.1) is 25.2 Å². The molecule has 184 valence electrons. The van der Waals surface area contributed by atoms with Gasteiger partial charge in [-0.15, -0.1) is 10.7 Å². The molecule has 2 fully saturated rings. The van der Waals surface area contributed by atoms with Gasteiger partial charge in [-0.1, -0.05) is 36.6 Å². The summed E-state index contributed by atoms with van der Waals surface area (Å²) < 4.78 is 53.7. The fourth-order valence-corrected chi connectivity index (χ4v) is 5.99. The highest BCUT2D eigenvalue weighted by Gasteiger charge is 2.47. The van der Waals surface area contributed by atoms with Crippen molar-refractivity contribution in [1.29, 1.82) is 0 Å². The number of nitrogens with zero attached hydrogens (tertiary/aromatic N) is 1. The van der Waals surface area contributed by atoms with E-state index >= 15 is 8.78 Å². The van der Waals surface area contributed by atoms with Gasteiger partial charge in [0.1, 0.15) is 23.9 Å². The minimum atomic E-state index is -1.27. The van der Waals surface area contributed by atoms with Crippen molar-refractivity contribution >= 4 is 21.9 Å². The van der Waals surface area contributed by atoms with Crippen LogP contribution in [-0.2, 0) is 16.0 Å². The highest BCUT2D eigenvalue weighted by atomic mass is 32.2. The lowest BCUT2D eigenvalue weighted by atomic mass is 9.95. The maximum atomic E-state index is 15.7. The Balaban J connectivity index is 1.68. The second kappa shape index (κ2) is 10.6. The first-order valence-electron chi connectivity index (χ1n) is 11.7. The molecule has 2 aliphatic rings. The highest BCUT2D eigenvalue weighted by Crippen LogP contribution is 2.32. The molecule has 4 nitrogen and oxygen atoms in total. The number of hydrogen-bond acceptors (Lipinski definition) is 3. The van der Waals surface area contributed by atoms with Gasteiger partial charge in [0.25, 0.3) is 5.91 Å². The average molecular weight is 493 g/mol. The van der Waals surface area contributed by atoms with E-state index < -0.39 is 36.0 Å². The second-order valence-electron chi connectivity index (χ2n) is 8.82. The number of hydrogen-bond donors (Lipinski definition) is 1. The third kappa shape index (κ3) is 5.09. The molecule has 2 saturated heterocycles. The maximum absolute atomic E-state index is 15.7. The molecule has 0 aliphatic carbocycles. The van der Waals surface area contributed by atoms with Crippen molar-refractivity contribution in [3.63, 3.8) is 0 Å². The van der Waals surface area contributed by atoms with E-state index in [1.807, 2.05) is 19.2 Å². The Morgan fingerprint density at radius 3 is 2.68 bits per heavy atom. The number of ether oxygens (including phenoxy) is 1. The highest BCUT2D eigenvalue weighted by molar-refractivity contribution is 8.13. The summed E-state index contributed by atoms with van der Waals surface area (Å²) >= 11 is 0. The molecule has 1 amide bonds. The van der Waals surface area contributed by atoms with Gasteiger partial charge in [-0.3, -0.25) is 9.52 Å². The number of aryl methyl sites for hydroxylation is 1. The molecule has 4 rings (SSSR count). The Hall–Kier alpha value is -2.16. The van der Waals surface area contributed by atoms with Gasteiger partial charge in [0, 0.05) is 12.0 Å². The summed E-state index contributed by atoms with van der Waals surface area (Å²) in [6.07, 6.45) is -1.06. The van der Waals surface area contributed by atoms with E-state index in [0.717, 1.165) is 5.75 Å². The van der Waals surface area contributed by atoms with Crippen LogP contribution in [-0.4, -0.2) is 59.4 Å². The van der Waals surface area contributed by atoms with Gasteiger partial charge in [-0.2, -0.15) is 0 Å². The van der Waals surface area contributed by atoms with Crippen LogP contribution in [0.2, 0.25) is 0 Å². The monoisotopic (exact) mass is 492 g/mol. The minimum absolute atomic E-state index is 0.0456. The molecule has 1 N–H and O–H groups in total. The third-order valence-corrected chi connectivity index (χ3v) is 8.34. The molecule has 0 aromatic heterocycles. The number of benzene rings is 2. The topological polar surface area (TPSA) is 41.6 Å². The molecule has 2 unspecified atom stereocenters. The predicted octanol–water partition coefficient (Wildman–Crippen LogP) is 4.80. The van der Waals surface area contributed by atoms with Crippen molar-refractivity contribution < 1.29 is 22.7 Å². The minimum Gasteiger partial charge on any atom is -0.368 e. The summed E-state index contributed by atoms with van der Waals surface area (Å²) in [5, 5.41) is 2.00. The number of amides is 1. The average Bonchev–Trinajstić information content (AvgIpc) is 3.06. The van der Waals surface area contributed by atoms with Gasteiger partial charge in [0.2, 0.25) is 0 Å². The van der Waals surface area contributed by atoms with Crippen LogP contribution in [0.25, 0.3) is 11.1 Å². The Morgan fingerprint density at radius 2 is 2.06 bits per heavy atom. The molecule has 0 bridgehead atoms. The number of halogens is 3. The number of rotatable bonds is 7. The Morgan fingerprint density at radius 1 is 1.29 bits per heavy atom. The van der Waals surface area contributed by atoms with Crippen molar-refractivity contribution in [1.82, 2.24) is 9.62 Å². The summed E-state index contributed by atoms with van der Waals surface area (Å²) in [6.45, 7) is 6.17. The van der Waals surface area contributed by atoms with E-state index in [9.17, 15) is 9.18 Å². The quantitative estimate of drug-likeness (QED) is 0.565. The molecule has 8 heteroatoms. The number of alkyl halides is 1. The number of carbonyl (C=O) groups excluding carboxylic acids is 1. The van der Waals surface area contributed by atoms with E-state index in [4.69, 9.17) is 4.74 Å². The van der Waals surface area contributed by atoms with Crippen LogP contribution in [0.3, 0.4) is 0 Å². The van der Waals surface area contributed by atoms with Crippen LogP contribution in [0.4, 0.5) is 13.2 Å². The van der Waals surface area contributed by atoms with E-state index in [2.05, 4.69) is 4.72 Å². The smallest absolute Gasteiger partial charge is 0.252 e. The SMILES string of the molecule is C/C=S(\CC)N[C@H]1[C@@H](F)CN(C(=O)C2CCO2)[C@H]1Cc1cccc(-c2cc(C)cc(F)c2)c1F. The zero-order chi connectivity index (χ0) is 24.4. The molecule has 34 heavy (non-hydrogen) atoms. The summed E-state index contributed by atoms with van der Waals surface area (Å²) in [5.74, 6) is -0.343. The lowest BCUT2D eigenvalue weighted by molar-refractivity contribution is -0.157.